The van der Waals surface area contributed by atoms with Crippen molar-refractivity contribution in [2.24, 2.45) is 0 Å². The topological polar surface area (TPSA) is 41.5 Å². The molecule has 1 fully saturated rings. The molecule has 0 radical (unpaired) electrons. The quantitative estimate of drug-likeness (QED) is 0.579. The number of ether oxygens (including phenoxy) is 1. The van der Waals surface area contributed by atoms with Crippen molar-refractivity contribution in [3.8, 4) is 0 Å². The van der Waals surface area contributed by atoms with Gasteiger partial charge in [-0.2, -0.15) is 0 Å². The third-order valence-corrected chi connectivity index (χ3v) is 3.93. The van der Waals surface area contributed by atoms with Crippen LogP contribution in [0.3, 0.4) is 0 Å². The predicted octanol–water partition coefficient (Wildman–Crippen LogP) is 2.48. The highest BCUT2D eigenvalue weighted by Crippen LogP contribution is 2.23. The van der Waals surface area contributed by atoms with Crippen molar-refractivity contribution < 1.29 is 9.84 Å². The Morgan fingerprint density at radius 3 is 2.59 bits per heavy atom. The van der Waals surface area contributed by atoms with Gasteiger partial charge in [-0.1, -0.05) is 13.8 Å². The molecule has 0 spiro atoms. The van der Waals surface area contributed by atoms with Crippen LogP contribution in [0.2, 0.25) is 0 Å². The van der Waals surface area contributed by atoms with Gasteiger partial charge in [-0.25, -0.2) is 0 Å². The number of rotatable bonds is 10. The average molecular weight is 243 g/mol. The molecule has 1 saturated carbocycles. The molecule has 1 aliphatic carbocycles. The standard InChI is InChI=1S/C14H29NO2/c1-3-10-15-14(4-2,12-16)9-6-11-17-13-7-5-8-13/h13,15-16H,3-12H2,1-2H3. The van der Waals surface area contributed by atoms with Crippen LogP contribution in [0.5, 0.6) is 0 Å². The van der Waals surface area contributed by atoms with E-state index in [0.717, 1.165) is 38.8 Å². The Hall–Kier alpha value is -0.120. The van der Waals surface area contributed by atoms with E-state index in [2.05, 4.69) is 19.2 Å². The van der Waals surface area contributed by atoms with Gasteiger partial charge in [0.2, 0.25) is 0 Å². The number of nitrogens with one attached hydrogen (secondary N) is 1. The van der Waals surface area contributed by atoms with Crippen LogP contribution < -0.4 is 5.32 Å². The average Bonchev–Trinajstić information content (AvgIpc) is 2.31. The van der Waals surface area contributed by atoms with Gasteiger partial charge in [0, 0.05) is 12.1 Å². The second-order valence-electron chi connectivity index (χ2n) is 5.25. The van der Waals surface area contributed by atoms with E-state index in [0.29, 0.717) is 6.10 Å². The van der Waals surface area contributed by atoms with Gasteiger partial charge in [-0.05, 0) is 51.5 Å². The first-order chi connectivity index (χ1) is 8.26. The summed E-state index contributed by atoms with van der Waals surface area (Å²) >= 11 is 0. The Kier molecular flexibility index (Phi) is 7.09. The molecule has 0 aromatic rings. The number of hydrogen-bond donors (Lipinski definition) is 2. The van der Waals surface area contributed by atoms with Crippen molar-refractivity contribution in [3.05, 3.63) is 0 Å². The van der Waals surface area contributed by atoms with Crippen molar-refractivity contribution in [1.29, 1.82) is 0 Å². The Bertz CT molecular complexity index is 189. The highest BCUT2D eigenvalue weighted by atomic mass is 16.5. The molecule has 1 aliphatic rings. The van der Waals surface area contributed by atoms with E-state index < -0.39 is 0 Å². The highest BCUT2D eigenvalue weighted by molar-refractivity contribution is 4.85. The van der Waals surface area contributed by atoms with E-state index in [-0.39, 0.29) is 12.1 Å². The minimum Gasteiger partial charge on any atom is -0.394 e. The summed E-state index contributed by atoms with van der Waals surface area (Å²) in [6, 6.07) is 0. The van der Waals surface area contributed by atoms with Crippen molar-refractivity contribution in [3.63, 3.8) is 0 Å². The third-order valence-electron chi connectivity index (χ3n) is 3.93. The zero-order valence-electron chi connectivity index (χ0n) is 11.5. The lowest BCUT2D eigenvalue weighted by Crippen LogP contribution is -2.48. The number of aliphatic hydroxyl groups excluding tert-OH is 1. The minimum atomic E-state index is -0.0843. The van der Waals surface area contributed by atoms with E-state index in [1.165, 1.54) is 19.3 Å². The van der Waals surface area contributed by atoms with Gasteiger partial charge in [0.15, 0.2) is 0 Å². The molecule has 17 heavy (non-hydrogen) atoms. The van der Waals surface area contributed by atoms with Crippen molar-refractivity contribution in [2.45, 2.75) is 70.4 Å². The fraction of sp³-hybridized carbons (Fsp3) is 1.00. The largest absolute Gasteiger partial charge is 0.394 e. The highest BCUT2D eigenvalue weighted by Gasteiger charge is 2.26. The van der Waals surface area contributed by atoms with Gasteiger partial charge in [-0.15, -0.1) is 0 Å². The lowest BCUT2D eigenvalue weighted by Gasteiger charge is -2.33. The summed E-state index contributed by atoms with van der Waals surface area (Å²) < 4.78 is 5.76. The van der Waals surface area contributed by atoms with Gasteiger partial charge in [-0.3, -0.25) is 0 Å². The lowest BCUT2D eigenvalue weighted by molar-refractivity contribution is -0.00326. The molecule has 0 aromatic heterocycles. The van der Waals surface area contributed by atoms with E-state index in [1.54, 1.807) is 0 Å². The summed E-state index contributed by atoms with van der Waals surface area (Å²) in [5.41, 5.74) is -0.0843. The molecule has 0 heterocycles. The molecule has 1 unspecified atom stereocenters. The molecular formula is C14H29NO2. The second-order valence-corrected chi connectivity index (χ2v) is 5.25. The summed E-state index contributed by atoms with van der Waals surface area (Å²) in [7, 11) is 0. The van der Waals surface area contributed by atoms with E-state index in [9.17, 15) is 5.11 Å². The molecule has 1 rings (SSSR count). The Labute approximate surface area is 106 Å². The minimum absolute atomic E-state index is 0.0843. The van der Waals surface area contributed by atoms with Crippen LogP contribution in [0.15, 0.2) is 0 Å². The van der Waals surface area contributed by atoms with Crippen LogP contribution in [0.25, 0.3) is 0 Å². The van der Waals surface area contributed by atoms with E-state index in [4.69, 9.17) is 4.74 Å². The monoisotopic (exact) mass is 243 g/mol. The molecule has 0 aliphatic heterocycles. The van der Waals surface area contributed by atoms with Gasteiger partial charge < -0.3 is 15.2 Å². The molecule has 0 amide bonds. The van der Waals surface area contributed by atoms with Crippen LogP contribution in [0.4, 0.5) is 0 Å². The Morgan fingerprint density at radius 2 is 2.12 bits per heavy atom. The SMILES string of the molecule is CCCNC(CC)(CO)CCCOC1CCC1. The molecular weight excluding hydrogens is 214 g/mol. The summed E-state index contributed by atoms with van der Waals surface area (Å²) in [5.74, 6) is 0. The van der Waals surface area contributed by atoms with Crippen molar-refractivity contribution in [1.82, 2.24) is 5.32 Å². The number of aliphatic hydroxyl groups is 1. The molecule has 3 heteroatoms. The van der Waals surface area contributed by atoms with Crippen LogP contribution >= 0.6 is 0 Å². The number of hydrogen-bond acceptors (Lipinski definition) is 3. The van der Waals surface area contributed by atoms with E-state index in [1.807, 2.05) is 0 Å². The third kappa shape index (κ3) is 4.94. The van der Waals surface area contributed by atoms with Crippen molar-refractivity contribution >= 4 is 0 Å². The van der Waals surface area contributed by atoms with Crippen LogP contribution in [0.1, 0.15) is 58.8 Å². The lowest BCUT2D eigenvalue weighted by atomic mass is 9.91. The molecule has 0 saturated heterocycles. The van der Waals surface area contributed by atoms with Crippen LogP contribution in [0, 0.1) is 0 Å². The maximum absolute atomic E-state index is 9.57. The predicted molar refractivity (Wildman–Crippen MR) is 71.2 cm³/mol. The zero-order chi connectivity index (χ0) is 12.6. The molecule has 0 aromatic carbocycles. The Balaban J connectivity index is 2.17. The first-order valence-corrected chi connectivity index (χ1v) is 7.24. The summed E-state index contributed by atoms with van der Waals surface area (Å²) in [6.07, 6.45) is 8.49. The smallest absolute Gasteiger partial charge is 0.0613 e. The second kappa shape index (κ2) is 8.06. The van der Waals surface area contributed by atoms with Crippen LogP contribution in [-0.4, -0.2) is 36.5 Å². The van der Waals surface area contributed by atoms with Gasteiger partial charge >= 0.3 is 0 Å². The fourth-order valence-electron chi connectivity index (χ4n) is 2.23. The maximum atomic E-state index is 9.57. The maximum Gasteiger partial charge on any atom is 0.0613 e. The molecule has 1 atom stereocenters. The van der Waals surface area contributed by atoms with Gasteiger partial charge in [0.25, 0.3) is 0 Å². The van der Waals surface area contributed by atoms with E-state index >= 15 is 0 Å². The van der Waals surface area contributed by atoms with Crippen LogP contribution in [-0.2, 0) is 4.74 Å². The Morgan fingerprint density at radius 1 is 1.35 bits per heavy atom. The zero-order valence-corrected chi connectivity index (χ0v) is 11.5. The normalized spacial score (nSPS) is 19.9. The first kappa shape index (κ1) is 14.9. The van der Waals surface area contributed by atoms with Crippen molar-refractivity contribution in [2.75, 3.05) is 19.8 Å². The van der Waals surface area contributed by atoms with Gasteiger partial charge in [0.05, 0.1) is 12.7 Å². The van der Waals surface area contributed by atoms with Gasteiger partial charge in [0.1, 0.15) is 0 Å². The summed E-state index contributed by atoms with van der Waals surface area (Å²) in [4.78, 5) is 0. The molecule has 102 valence electrons. The summed E-state index contributed by atoms with van der Waals surface area (Å²) in [5, 5.41) is 13.1. The molecule has 0 bridgehead atoms. The summed E-state index contributed by atoms with van der Waals surface area (Å²) in [6.45, 7) is 6.36. The first-order valence-electron chi connectivity index (χ1n) is 7.24. The molecule has 3 nitrogen and oxygen atoms in total. The fourth-order valence-corrected chi connectivity index (χ4v) is 2.23. The molecule has 2 N–H and O–H groups in total.